The van der Waals surface area contributed by atoms with Crippen LogP contribution in [0.1, 0.15) is 18.4 Å². The van der Waals surface area contributed by atoms with Crippen LogP contribution < -0.4 is 4.74 Å². The SMILES string of the molecule is O=C(COc1ccc(F)cc1)N1CC2(CC(CCOCc3cccc(F)c3)CO2)C1. The van der Waals surface area contributed by atoms with Crippen molar-refractivity contribution in [2.24, 2.45) is 5.92 Å². The van der Waals surface area contributed by atoms with Crippen molar-refractivity contribution in [2.45, 2.75) is 25.0 Å². The van der Waals surface area contributed by atoms with Gasteiger partial charge in [0.15, 0.2) is 6.61 Å². The molecule has 1 amide bonds. The normalized spacial score (nSPS) is 19.7. The van der Waals surface area contributed by atoms with E-state index in [1.165, 1.54) is 36.4 Å². The third-order valence-corrected chi connectivity index (χ3v) is 5.60. The van der Waals surface area contributed by atoms with Gasteiger partial charge in [0.1, 0.15) is 23.0 Å². The lowest BCUT2D eigenvalue weighted by atomic mass is 9.86. The molecule has 2 saturated heterocycles. The number of benzene rings is 2. The van der Waals surface area contributed by atoms with Crippen LogP contribution in [0.25, 0.3) is 0 Å². The zero-order valence-corrected chi connectivity index (χ0v) is 16.7. The molecular formula is C23H25F2NO4. The van der Waals surface area contributed by atoms with Crippen molar-refractivity contribution in [3.63, 3.8) is 0 Å². The molecule has 0 aromatic heterocycles. The van der Waals surface area contributed by atoms with E-state index in [0.717, 1.165) is 18.4 Å². The van der Waals surface area contributed by atoms with Gasteiger partial charge in [-0.15, -0.1) is 0 Å². The molecule has 0 radical (unpaired) electrons. The second-order valence-corrected chi connectivity index (χ2v) is 8.03. The van der Waals surface area contributed by atoms with Crippen molar-refractivity contribution in [3.8, 4) is 5.75 Å². The highest BCUT2D eigenvalue weighted by Gasteiger charge is 2.50. The van der Waals surface area contributed by atoms with Crippen LogP contribution in [-0.4, -0.2) is 49.3 Å². The molecule has 0 aliphatic carbocycles. The predicted molar refractivity (Wildman–Crippen MR) is 106 cm³/mol. The maximum atomic E-state index is 13.2. The largest absolute Gasteiger partial charge is 0.484 e. The molecule has 1 unspecified atom stereocenters. The van der Waals surface area contributed by atoms with Gasteiger partial charge in [-0.1, -0.05) is 12.1 Å². The Labute approximate surface area is 174 Å². The fourth-order valence-corrected chi connectivity index (χ4v) is 4.00. The first-order valence-electron chi connectivity index (χ1n) is 10.1. The Morgan fingerprint density at radius 2 is 1.93 bits per heavy atom. The predicted octanol–water partition coefficient (Wildman–Crippen LogP) is 3.57. The fraction of sp³-hybridized carbons (Fsp3) is 0.435. The maximum Gasteiger partial charge on any atom is 0.260 e. The number of carbonyl (C=O) groups excluding carboxylic acids is 1. The molecule has 4 rings (SSSR count). The summed E-state index contributed by atoms with van der Waals surface area (Å²) in [6.07, 6.45) is 1.78. The lowest BCUT2D eigenvalue weighted by Crippen LogP contribution is -2.64. The van der Waals surface area contributed by atoms with Crippen LogP contribution in [0, 0.1) is 17.6 Å². The highest BCUT2D eigenvalue weighted by atomic mass is 19.1. The Morgan fingerprint density at radius 1 is 1.13 bits per heavy atom. The van der Waals surface area contributed by atoms with Crippen LogP contribution in [0.15, 0.2) is 48.5 Å². The zero-order valence-electron chi connectivity index (χ0n) is 16.7. The summed E-state index contributed by atoms with van der Waals surface area (Å²) in [6, 6.07) is 12.0. The molecule has 1 atom stereocenters. The minimum atomic E-state index is -0.342. The number of halogens is 2. The molecule has 30 heavy (non-hydrogen) atoms. The van der Waals surface area contributed by atoms with E-state index < -0.39 is 0 Å². The molecule has 0 bridgehead atoms. The Bertz CT molecular complexity index is 868. The zero-order chi connectivity index (χ0) is 21.0. The van der Waals surface area contributed by atoms with Crippen molar-refractivity contribution in [1.29, 1.82) is 0 Å². The second kappa shape index (κ2) is 9.10. The van der Waals surface area contributed by atoms with Crippen molar-refractivity contribution in [1.82, 2.24) is 4.90 Å². The minimum absolute atomic E-state index is 0.0704. The summed E-state index contributed by atoms with van der Waals surface area (Å²) in [7, 11) is 0. The molecule has 0 N–H and O–H groups in total. The maximum absolute atomic E-state index is 13.2. The summed E-state index contributed by atoms with van der Waals surface area (Å²) in [6.45, 7) is 2.72. The summed E-state index contributed by atoms with van der Waals surface area (Å²) in [5.41, 5.74) is 0.573. The van der Waals surface area contributed by atoms with Crippen molar-refractivity contribution in [3.05, 3.63) is 65.7 Å². The average molecular weight is 417 g/mol. The molecule has 2 heterocycles. The monoisotopic (exact) mass is 417 g/mol. The topological polar surface area (TPSA) is 48.0 Å². The van der Waals surface area contributed by atoms with E-state index in [-0.39, 0.29) is 29.7 Å². The number of nitrogens with zero attached hydrogens (tertiary/aromatic N) is 1. The van der Waals surface area contributed by atoms with Crippen LogP contribution >= 0.6 is 0 Å². The van der Waals surface area contributed by atoms with Gasteiger partial charge in [-0.3, -0.25) is 4.79 Å². The van der Waals surface area contributed by atoms with Crippen LogP contribution in [0.5, 0.6) is 5.75 Å². The Balaban J connectivity index is 1.13. The Kier molecular flexibility index (Phi) is 6.29. The van der Waals surface area contributed by atoms with Crippen molar-refractivity contribution in [2.75, 3.05) is 32.9 Å². The average Bonchev–Trinajstić information content (AvgIpc) is 3.14. The number of carbonyl (C=O) groups is 1. The van der Waals surface area contributed by atoms with E-state index in [0.29, 0.717) is 44.6 Å². The highest BCUT2D eigenvalue weighted by Crippen LogP contribution is 2.39. The quantitative estimate of drug-likeness (QED) is 0.617. The number of hydrogen-bond donors (Lipinski definition) is 0. The molecule has 2 aromatic rings. The summed E-state index contributed by atoms with van der Waals surface area (Å²) in [5, 5.41) is 0. The first kappa shape index (κ1) is 20.8. The summed E-state index contributed by atoms with van der Waals surface area (Å²) in [4.78, 5) is 14.0. The number of likely N-dealkylation sites (tertiary alicyclic amines) is 1. The molecule has 0 saturated carbocycles. The second-order valence-electron chi connectivity index (χ2n) is 8.03. The number of rotatable bonds is 8. The number of hydrogen-bond acceptors (Lipinski definition) is 4. The first-order chi connectivity index (χ1) is 14.5. The third kappa shape index (κ3) is 5.15. The van der Waals surface area contributed by atoms with Gasteiger partial charge in [-0.2, -0.15) is 0 Å². The molecule has 2 fully saturated rings. The standard InChI is InChI=1S/C23H25F2NO4/c24-19-4-6-21(7-5-19)29-14-22(27)26-15-23(16-26)11-18(13-30-23)8-9-28-12-17-2-1-3-20(25)10-17/h1-7,10,18H,8-9,11-16H2. The van der Waals surface area contributed by atoms with Gasteiger partial charge < -0.3 is 19.1 Å². The van der Waals surface area contributed by atoms with E-state index in [1.807, 2.05) is 6.07 Å². The van der Waals surface area contributed by atoms with Gasteiger partial charge in [-0.05, 0) is 60.7 Å². The summed E-state index contributed by atoms with van der Waals surface area (Å²) < 4.78 is 43.2. The summed E-state index contributed by atoms with van der Waals surface area (Å²) in [5.74, 6) is 0.163. The molecule has 5 nitrogen and oxygen atoms in total. The van der Waals surface area contributed by atoms with Crippen molar-refractivity contribution >= 4 is 5.91 Å². The van der Waals surface area contributed by atoms with E-state index in [4.69, 9.17) is 14.2 Å². The minimum Gasteiger partial charge on any atom is -0.484 e. The number of amides is 1. The van der Waals surface area contributed by atoms with Crippen LogP contribution in [0.2, 0.25) is 0 Å². The lowest BCUT2D eigenvalue weighted by molar-refractivity contribution is -0.159. The Hall–Kier alpha value is -2.51. The fourth-order valence-electron chi connectivity index (χ4n) is 4.00. The molecule has 7 heteroatoms. The molecule has 2 aliphatic heterocycles. The molecule has 1 spiro atoms. The first-order valence-corrected chi connectivity index (χ1v) is 10.1. The van der Waals surface area contributed by atoms with Gasteiger partial charge >= 0.3 is 0 Å². The Morgan fingerprint density at radius 3 is 2.70 bits per heavy atom. The number of ether oxygens (including phenoxy) is 3. The van der Waals surface area contributed by atoms with Gasteiger partial charge in [0.25, 0.3) is 5.91 Å². The smallest absolute Gasteiger partial charge is 0.260 e. The van der Waals surface area contributed by atoms with Gasteiger partial charge in [0.2, 0.25) is 0 Å². The van der Waals surface area contributed by atoms with E-state index in [9.17, 15) is 13.6 Å². The molecule has 2 aromatic carbocycles. The highest BCUT2D eigenvalue weighted by molar-refractivity contribution is 5.79. The van der Waals surface area contributed by atoms with E-state index >= 15 is 0 Å². The van der Waals surface area contributed by atoms with Crippen LogP contribution in [0.3, 0.4) is 0 Å². The van der Waals surface area contributed by atoms with Crippen molar-refractivity contribution < 1.29 is 27.8 Å². The van der Waals surface area contributed by atoms with Gasteiger partial charge in [-0.25, -0.2) is 8.78 Å². The molecule has 160 valence electrons. The van der Waals surface area contributed by atoms with E-state index in [2.05, 4.69) is 0 Å². The van der Waals surface area contributed by atoms with Crippen LogP contribution in [0.4, 0.5) is 8.78 Å². The third-order valence-electron chi connectivity index (χ3n) is 5.60. The molecular weight excluding hydrogens is 392 g/mol. The van der Waals surface area contributed by atoms with Gasteiger partial charge in [0, 0.05) is 6.61 Å². The van der Waals surface area contributed by atoms with E-state index in [1.54, 1.807) is 11.0 Å². The lowest BCUT2D eigenvalue weighted by Gasteiger charge is -2.47. The van der Waals surface area contributed by atoms with Gasteiger partial charge in [0.05, 0.1) is 26.3 Å². The van der Waals surface area contributed by atoms with Crippen LogP contribution in [-0.2, 0) is 20.9 Å². The molecule has 2 aliphatic rings. The summed E-state index contributed by atoms with van der Waals surface area (Å²) >= 11 is 0.